The summed E-state index contributed by atoms with van der Waals surface area (Å²) < 4.78 is 32.9. The summed E-state index contributed by atoms with van der Waals surface area (Å²) in [6.07, 6.45) is 3.21. The van der Waals surface area contributed by atoms with Crippen molar-refractivity contribution in [1.82, 2.24) is 18.8 Å². The molecule has 1 fully saturated rings. The topological polar surface area (TPSA) is 106 Å². The third-order valence-electron chi connectivity index (χ3n) is 5.21. The van der Waals surface area contributed by atoms with Gasteiger partial charge < -0.3 is 15.0 Å². The zero-order valence-electron chi connectivity index (χ0n) is 18.6. The molecule has 1 atom stereocenters. The van der Waals surface area contributed by atoms with Crippen LogP contribution in [0, 0.1) is 6.92 Å². The van der Waals surface area contributed by atoms with Gasteiger partial charge in [-0.25, -0.2) is 27.2 Å². The fraction of sp³-hybridized carbons (Fsp3) is 0.409. The zero-order chi connectivity index (χ0) is 23.1. The maximum Gasteiger partial charge on any atom is 0.410 e. The van der Waals surface area contributed by atoms with Gasteiger partial charge >= 0.3 is 6.09 Å². The number of likely N-dealkylation sites (tertiary alicyclic amines) is 1. The lowest BCUT2D eigenvalue weighted by atomic mass is 10.2. The Morgan fingerprint density at radius 1 is 1.16 bits per heavy atom. The first-order valence-corrected chi connectivity index (χ1v) is 11.9. The normalized spacial score (nSPS) is 17.0. The van der Waals surface area contributed by atoms with E-state index in [2.05, 4.69) is 15.3 Å². The number of nitrogens with zero attached hydrogens (tertiary/aromatic N) is 4. The fourth-order valence-corrected chi connectivity index (χ4v) is 4.93. The SMILES string of the molecule is Cc1ccc(S(=O)(=O)n2ccc3c(N[C@@H]4CCN(C(=O)OC(C)(C)C)C4)ncnc32)cc1. The molecule has 0 radical (unpaired) electrons. The molecule has 0 bridgehead atoms. The third-order valence-corrected chi connectivity index (χ3v) is 6.89. The molecular formula is C22H27N5O4S. The average molecular weight is 458 g/mol. The summed E-state index contributed by atoms with van der Waals surface area (Å²) in [6, 6.07) is 8.34. The molecule has 1 N–H and O–H groups in total. The lowest BCUT2D eigenvalue weighted by Crippen LogP contribution is -2.36. The van der Waals surface area contributed by atoms with Crippen molar-refractivity contribution in [2.45, 2.75) is 50.7 Å². The van der Waals surface area contributed by atoms with Crippen LogP contribution in [0.5, 0.6) is 0 Å². The van der Waals surface area contributed by atoms with Crippen LogP contribution in [-0.4, -0.2) is 58.1 Å². The predicted molar refractivity (Wildman–Crippen MR) is 121 cm³/mol. The zero-order valence-corrected chi connectivity index (χ0v) is 19.4. The molecule has 32 heavy (non-hydrogen) atoms. The second-order valence-corrected chi connectivity index (χ2v) is 10.8. The van der Waals surface area contributed by atoms with Gasteiger partial charge in [0.1, 0.15) is 17.7 Å². The van der Waals surface area contributed by atoms with E-state index in [-0.39, 0.29) is 17.0 Å². The molecule has 3 aromatic rings. The number of carbonyl (C=O) groups excluding carboxylic acids is 1. The van der Waals surface area contributed by atoms with Gasteiger partial charge in [0.25, 0.3) is 10.0 Å². The highest BCUT2D eigenvalue weighted by Gasteiger charge is 2.30. The molecule has 1 aliphatic rings. The molecule has 3 heterocycles. The highest BCUT2D eigenvalue weighted by molar-refractivity contribution is 7.90. The van der Waals surface area contributed by atoms with E-state index in [9.17, 15) is 13.2 Å². The molecule has 10 heteroatoms. The number of ether oxygens (including phenoxy) is 1. The number of aryl methyl sites for hydroxylation is 1. The molecule has 0 saturated carbocycles. The van der Waals surface area contributed by atoms with E-state index in [1.165, 1.54) is 16.5 Å². The number of nitrogens with one attached hydrogen (secondary N) is 1. The summed E-state index contributed by atoms with van der Waals surface area (Å²) in [5, 5.41) is 3.93. The summed E-state index contributed by atoms with van der Waals surface area (Å²) in [4.78, 5) is 22.7. The number of fused-ring (bicyclic) bond motifs is 1. The Balaban J connectivity index is 1.56. The Labute approximate surface area is 187 Å². The molecule has 0 spiro atoms. The number of carbonyl (C=O) groups is 1. The van der Waals surface area contributed by atoms with E-state index < -0.39 is 15.6 Å². The number of amides is 1. The third kappa shape index (κ3) is 4.40. The molecule has 0 aliphatic carbocycles. The number of anilines is 1. The van der Waals surface area contributed by atoms with Gasteiger partial charge in [-0.15, -0.1) is 0 Å². The van der Waals surface area contributed by atoms with Crippen LogP contribution in [0.2, 0.25) is 0 Å². The number of hydrogen-bond donors (Lipinski definition) is 1. The van der Waals surface area contributed by atoms with Gasteiger partial charge in [-0.1, -0.05) is 17.7 Å². The van der Waals surface area contributed by atoms with Crippen molar-refractivity contribution >= 4 is 33.0 Å². The first-order chi connectivity index (χ1) is 15.0. The monoisotopic (exact) mass is 457 g/mol. The molecule has 2 aromatic heterocycles. The lowest BCUT2D eigenvalue weighted by Gasteiger charge is -2.24. The minimum atomic E-state index is -3.79. The maximum atomic E-state index is 13.1. The van der Waals surface area contributed by atoms with E-state index in [0.29, 0.717) is 29.9 Å². The van der Waals surface area contributed by atoms with E-state index in [0.717, 1.165) is 12.0 Å². The van der Waals surface area contributed by atoms with E-state index in [1.807, 2.05) is 27.7 Å². The van der Waals surface area contributed by atoms with E-state index in [4.69, 9.17) is 4.74 Å². The lowest BCUT2D eigenvalue weighted by molar-refractivity contribution is 0.0293. The summed E-state index contributed by atoms with van der Waals surface area (Å²) >= 11 is 0. The molecule has 1 aromatic carbocycles. The minimum Gasteiger partial charge on any atom is -0.444 e. The Hall–Kier alpha value is -3.14. The van der Waals surface area contributed by atoms with Crippen molar-refractivity contribution in [3.05, 3.63) is 48.4 Å². The van der Waals surface area contributed by atoms with Crippen LogP contribution in [-0.2, 0) is 14.8 Å². The van der Waals surface area contributed by atoms with Gasteiger partial charge in [0, 0.05) is 25.3 Å². The Kier molecular flexibility index (Phi) is 5.58. The number of hydrogen-bond acceptors (Lipinski definition) is 7. The molecule has 170 valence electrons. The second-order valence-electron chi connectivity index (χ2n) is 8.95. The van der Waals surface area contributed by atoms with Gasteiger partial charge in [0.15, 0.2) is 5.65 Å². The van der Waals surface area contributed by atoms with Gasteiger partial charge in [-0.3, -0.25) is 0 Å². The molecule has 1 saturated heterocycles. The van der Waals surface area contributed by atoms with Gasteiger partial charge in [0.05, 0.1) is 10.3 Å². The first-order valence-electron chi connectivity index (χ1n) is 10.4. The average Bonchev–Trinajstić information content (AvgIpc) is 3.35. The fourth-order valence-electron chi connectivity index (χ4n) is 3.62. The van der Waals surface area contributed by atoms with Crippen molar-refractivity contribution in [1.29, 1.82) is 0 Å². The Morgan fingerprint density at radius 2 is 1.88 bits per heavy atom. The van der Waals surface area contributed by atoms with Crippen LogP contribution in [0.25, 0.3) is 11.0 Å². The van der Waals surface area contributed by atoms with Crippen molar-refractivity contribution in [2.24, 2.45) is 0 Å². The summed E-state index contributed by atoms with van der Waals surface area (Å²) in [5.41, 5.74) is 0.727. The van der Waals surface area contributed by atoms with E-state index >= 15 is 0 Å². The van der Waals surface area contributed by atoms with Crippen LogP contribution in [0.4, 0.5) is 10.6 Å². The van der Waals surface area contributed by atoms with E-state index in [1.54, 1.807) is 35.2 Å². The van der Waals surface area contributed by atoms with Crippen molar-refractivity contribution in [2.75, 3.05) is 18.4 Å². The summed E-state index contributed by atoms with van der Waals surface area (Å²) in [6.45, 7) is 8.46. The quantitative estimate of drug-likeness (QED) is 0.640. The van der Waals surface area contributed by atoms with Crippen molar-refractivity contribution < 1.29 is 17.9 Å². The molecule has 1 amide bonds. The Bertz CT molecular complexity index is 1250. The van der Waals surface area contributed by atoms with Crippen molar-refractivity contribution in [3.63, 3.8) is 0 Å². The minimum absolute atomic E-state index is 0.0299. The van der Waals surface area contributed by atoms with Gasteiger partial charge in [0.2, 0.25) is 0 Å². The summed E-state index contributed by atoms with van der Waals surface area (Å²) in [7, 11) is -3.79. The van der Waals surface area contributed by atoms with Crippen LogP contribution >= 0.6 is 0 Å². The Morgan fingerprint density at radius 3 is 2.56 bits per heavy atom. The van der Waals surface area contributed by atoms with Crippen LogP contribution in [0.1, 0.15) is 32.8 Å². The molecule has 4 rings (SSSR count). The molecule has 0 unspecified atom stereocenters. The van der Waals surface area contributed by atoms with Gasteiger partial charge in [-0.05, 0) is 52.3 Å². The first kappa shape index (κ1) is 22.1. The van der Waals surface area contributed by atoms with Crippen LogP contribution in [0.3, 0.4) is 0 Å². The number of aromatic nitrogens is 3. The summed E-state index contributed by atoms with van der Waals surface area (Å²) in [5.74, 6) is 0.531. The van der Waals surface area contributed by atoms with Crippen LogP contribution < -0.4 is 5.32 Å². The predicted octanol–water partition coefficient (Wildman–Crippen LogP) is 3.40. The number of benzene rings is 1. The molecule has 1 aliphatic heterocycles. The van der Waals surface area contributed by atoms with Crippen molar-refractivity contribution in [3.8, 4) is 0 Å². The maximum absolute atomic E-state index is 13.1. The molecular weight excluding hydrogens is 430 g/mol. The highest BCUT2D eigenvalue weighted by atomic mass is 32.2. The highest BCUT2D eigenvalue weighted by Crippen LogP contribution is 2.26. The van der Waals surface area contributed by atoms with Gasteiger partial charge in [-0.2, -0.15) is 0 Å². The molecule has 9 nitrogen and oxygen atoms in total. The number of rotatable bonds is 4. The second kappa shape index (κ2) is 8.09. The standard InChI is InChI=1S/C22H27N5O4S/c1-15-5-7-17(8-6-15)32(29,30)27-12-10-18-19(23-14-24-20(18)27)25-16-9-11-26(13-16)21(28)31-22(2,3)4/h5-8,10,12,14,16H,9,11,13H2,1-4H3,(H,23,24,25)/t16-/m1/s1. The smallest absolute Gasteiger partial charge is 0.410 e. The van der Waals surface area contributed by atoms with Crippen LogP contribution in [0.15, 0.2) is 47.8 Å². The largest absolute Gasteiger partial charge is 0.444 e.